The number of amides is 2. The Morgan fingerprint density at radius 3 is 2.32 bits per heavy atom. The minimum atomic E-state index is -0.787. The van der Waals surface area contributed by atoms with Gasteiger partial charge in [0.2, 0.25) is 5.91 Å². The molecule has 7 heteroatoms. The van der Waals surface area contributed by atoms with Gasteiger partial charge >= 0.3 is 6.09 Å². The van der Waals surface area contributed by atoms with Gasteiger partial charge in [0.15, 0.2) is 0 Å². The topological polar surface area (TPSA) is 100 Å². The maximum absolute atomic E-state index is 13.0. The number of hydrogen-bond donors (Lipinski definition) is 3. The molecule has 3 N–H and O–H groups in total. The monoisotopic (exact) mass is 392 g/mol. The van der Waals surface area contributed by atoms with Crippen LogP contribution >= 0.6 is 0 Å². The Labute approximate surface area is 166 Å². The second-order valence-corrected chi connectivity index (χ2v) is 8.49. The lowest BCUT2D eigenvalue weighted by atomic mass is 9.97. The molecule has 1 aromatic carbocycles. The van der Waals surface area contributed by atoms with Crippen molar-refractivity contribution < 1.29 is 24.2 Å². The van der Waals surface area contributed by atoms with E-state index in [0.29, 0.717) is 6.42 Å². The summed E-state index contributed by atoms with van der Waals surface area (Å²) in [6, 6.07) is 8.45. The number of alkyl carbamates (subject to hydrolysis) is 1. The van der Waals surface area contributed by atoms with Gasteiger partial charge in [0.25, 0.3) is 0 Å². The third-order valence-electron chi connectivity index (χ3n) is 4.47. The maximum atomic E-state index is 13.0. The first-order chi connectivity index (χ1) is 13.1. The first-order valence-corrected chi connectivity index (χ1v) is 9.71. The highest BCUT2D eigenvalue weighted by molar-refractivity contribution is 5.86. The number of epoxide rings is 1. The van der Waals surface area contributed by atoms with Crippen LogP contribution in [0.25, 0.3) is 0 Å². The Balaban J connectivity index is 2.10. The molecule has 4 unspecified atom stereocenters. The predicted octanol–water partition coefficient (Wildman–Crippen LogP) is 2.02. The molecular weight excluding hydrogens is 360 g/mol. The van der Waals surface area contributed by atoms with Gasteiger partial charge in [-0.05, 0) is 32.3 Å². The Morgan fingerprint density at radius 2 is 1.82 bits per heavy atom. The fourth-order valence-electron chi connectivity index (χ4n) is 3.02. The number of rotatable bonds is 8. The SMILES string of the molecule is CC(C)C(NC(=O)C(Cc1ccccc1)NC(=O)OC(C)(C)C)C1OC1CO. The van der Waals surface area contributed by atoms with Gasteiger partial charge in [-0.1, -0.05) is 44.2 Å². The highest BCUT2D eigenvalue weighted by Crippen LogP contribution is 2.28. The molecule has 7 nitrogen and oxygen atoms in total. The third kappa shape index (κ3) is 6.80. The lowest BCUT2D eigenvalue weighted by molar-refractivity contribution is -0.124. The Bertz CT molecular complexity index is 657. The van der Waals surface area contributed by atoms with Crippen LogP contribution in [0.5, 0.6) is 0 Å². The van der Waals surface area contributed by atoms with Crippen molar-refractivity contribution in [2.75, 3.05) is 6.61 Å². The van der Waals surface area contributed by atoms with Crippen LogP contribution in [0.4, 0.5) is 4.79 Å². The van der Waals surface area contributed by atoms with Crippen LogP contribution in [0.15, 0.2) is 30.3 Å². The van der Waals surface area contributed by atoms with Crippen molar-refractivity contribution in [2.24, 2.45) is 5.92 Å². The van der Waals surface area contributed by atoms with Gasteiger partial charge in [0.05, 0.1) is 12.6 Å². The van der Waals surface area contributed by atoms with E-state index < -0.39 is 17.7 Å². The van der Waals surface area contributed by atoms with Gasteiger partial charge in [-0.15, -0.1) is 0 Å². The molecule has 0 aliphatic carbocycles. The predicted molar refractivity (Wildman–Crippen MR) is 106 cm³/mol. The number of aliphatic hydroxyl groups excluding tert-OH is 1. The number of ether oxygens (including phenoxy) is 2. The van der Waals surface area contributed by atoms with Gasteiger partial charge in [0, 0.05) is 6.42 Å². The lowest BCUT2D eigenvalue weighted by Crippen LogP contribution is -2.54. The fourth-order valence-corrected chi connectivity index (χ4v) is 3.02. The molecule has 1 aromatic rings. The van der Waals surface area contributed by atoms with Gasteiger partial charge in [-0.25, -0.2) is 4.79 Å². The Hall–Kier alpha value is -2.12. The van der Waals surface area contributed by atoms with Crippen molar-refractivity contribution >= 4 is 12.0 Å². The number of carbonyl (C=O) groups excluding carboxylic acids is 2. The van der Waals surface area contributed by atoms with E-state index in [2.05, 4.69) is 10.6 Å². The smallest absolute Gasteiger partial charge is 0.408 e. The van der Waals surface area contributed by atoms with Gasteiger partial charge < -0.3 is 25.2 Å². The van der Waals surface area contributed by atoms with E-state index in [4.69, 9.17) is 9.47 Å². The van der Waals surface area contributed by atoms with E-state index in [-0.39, 0.29) is 36.7 Å². The van der Waals surface area contributed by atoms with E-state index in [1.807, 2.05) is 44.2 Å². The Morgan fingerprint density at radius 1 is 1.18 bits per heavy atom. The minimum Gasteiger partial charge on any atom is -0.444 e. The number of carbonyl (C=O) groups is 2. The summed E-state index contributed by atoms with van der Waals surface area (Å²) in [6.45, 7) is 9.20. The van der Waals surface area contributed by atoms with E-state index in [0.717, 1.165) is 5.56 Å². The quantitative estimate of drug-likeness (QED) is 0.588. The molecule has 2 rings (SSSR count). The third-order valence-corrected chi connectivity index (χ3v) is 4.47. The number of aliphatic hydroxyl groups is 1. The molecule has 1 aliphatic heterocycles. The molecule has 0 spiro atoms. The summed E-state index contributed by atoms with van der Waals surface area (Å²) in [5.41, 5.74) is 0.268. The molecule has 0 saturated carbocycles. The van der Waals surface area contributed by atoms with Crippen molar-refractivity contribution in [2.45, 2.75) is 70.9 Å². The summed E-state index contributed by atoms with van der Waals surface area (Å²) in [6.07, 6.45) is -0.765. The summed E-state index contributed by atoms with van der Waals surface area (Å²) >= 11 is 0. The van der Waals surface area contributed by atoms with E-state index in [1.165, 1.54) is 0 Å². The first kappa shape index (κ1) is 22.2. The molecule has 1 fully saturated rings. The minimum absolute atomic E-state index is 0.0760. The summed E-state index contributed by atoms with van der Waals surface area (Å²) in [7, 11) is 0. The van der Waals surface area contributed by atoms with Gasteiger partial charge in [-0.2, -0.15) is 0 Å². The van der Waals surface area contributed by atoms with E-state index in [9.17, 15) is 14.7 Å². The zero-order valence-electron chi connectivity index (χ0n) is 17.3. The van der Waals surface area contributed by atoms with Crippen LogP contribution < -0.4 is 10.6 Å². The molecule has 0 radical (unpaired) electrons. The van der Waals surface area contributed by atoms with Crippen molar-refractivity contribution in [3.8, 4) is 0 Å². The molecule has 28 heavy (non-hydrogen) atoms. The number of hydrogen-bond acceptors (Lipinski definition) is 5. The average Bonchev–Trinajstić information content (AvgIpc) is 3.37. The second-order valence-electron chi connectivity index (χ2n) is 8.49. The van der Waals surface area contributed by atoms with Gasteiger partial charge in [0.1, 0.15) is 23.9 Å². The summed E-state index contributed by atoms with van der Waals surface area (Å²) in [4.78, 5) is 25.2. The molecular formula is C21H32N2O5. The highest BCUT2D eigenvalue weighted by atomic mass is 16.6. The van der Waals surface area contributed by atoms with Crippen LogP contribution in [0.1, 0.15) is 40.2 Å². The van der Waals surface area contributed by atoms with E-state index >= 15 is 0 Å². The standard InChI is InChI=1S/C21H32N2O5/c1-13(2)17(18-16(12-24)27-18)23-19(25)15(11-14-9-7-6-8-10-14)22-20(26)28-21(3,4)5/h6-10,13,15-18,24H,11-12H2,1-5H3,(H,22,26)(H,23,25). The van der Waals surface area contributed by atoms with Crippen molar-refractivity contribution in [1.29, 1.82) is 0 Å². The van der Waals surface area contributed by atoms with Gasteiger partial charge in [-0.3, -0.25) is 4.79 Å². The zero-order valence-corrected chi connectivity index (χ0v) is 17.3. The van der Waals surface area contributed by atoms with Crippen molar-refractivity contribution in [1.82, 2.24) is 10.6 Å². The molecule has 2 amide bonds. The molecule has 0 bridgehead atoms. The summed E-state index contributed by atoms with van der Waals surface area (Å²) in [5.74, 6) is -0.190. The molecule has 1 aliphatic rings. The Kier molecular flexibility index (Phi) is 7.43. The van der Waals surface area contributed by atoms with Crippen LogP contribution in [-0.4, -0.2) is 53.6 Å². The average molecular weight is 392 g/mol. The fraction of sp³-hybridized carbons (Fsp3) is 0.619. The second kappa shape index (κ2) is 9.39. The molecule has 1 heterocycles. The maximum Gasteiger partial charge on any atom is 0.408 e. The largest absolute Gasteiger partial charge is 0.444 e. The normalized spacial score (nSPS) is 21.0. The van der Waals surface area contributed by atoms with Crippen molar-refractivity contribution in [3.05, 3.63) is 35.9 Å². The van der Waals surface area contributed by atoms with Crippen LogP contribution in [-0.2, 0) is 20.7 Å². The van der Waals surface area contributed by atoms with E-state index in [1.54, 1.807) is 20.8 Å². The van der Waals surface area contributed by atoms with Crippen LogP contribution in [0.2, 0.25) is 0 Å². The number of nitrogens with one attached hydrogen (secondary N) is 2. The highest BCUT2D eigenvalue weighted by Gasteiger charge is 2.46. The van der Waals surface area contributed by atoms with Crippen LogP contribution in [0, 0.1) is 5.92 Å². The zero-order chi connectivity index (χ0) is 20.9. The first-order valence-electron chi connectivity index (χ1n) is 9.71. The summed E-state index contributed by atoms with van der Waals surface area (Å²) < 4.78 is 10.8. The lowest BCUT2D eigenvalue weighted by Gasteiger charge is -2.26. The summed E-state index contributed by atoms with van der Waals surface area (Å²) in [5, 5.41) is 14.9. The molecule has 156 valence electrons. The van der Waals surface area contributed by atoms with Crippen LogP contribution in [0.3, 0.4) is 0 Å². The molecule has 0 aromatic heterocycles. The molecule has 1 saturated heterocycles. The number of benzene rings is 1. The van der Waals surface area contributed by atoms with Crippen molar-refractivity contribution in [3.63, 3.8) is 0 Å². The molecule has 4 atom stereocenters.